The number of aromatic nitrogens is 1. The molecule has 1 N–H and O–H groups in total. The van der Waals surface area contributed by atoms with E-state index in [1.165, 1.54) is 0 Å². The highest BCUT2D eigenvalue weighted by Crippen LogP contribution is 2.08. The molecule has 0 amide bonds. The summed E-state index contributed by atoms with van der Waals surface area (Å²) in [6.45, 7) is 3.08. The minimum absolute atomic E-state index is 0.106. The van der Waals surface area contributed by atoms with Gasteiger partial charge < -0.3 is 9.88 Å². The number of nitrogens with one attached hydrogen (secondary N) is 1. The van der Waals surface area contributed by atoms with Crippen LogP contribution in [0.2, 0.25) is 0 Å². The van der Waals surface area contributed by atoms with E-state index in [2.05, 4.69) is 5.32 Å². The molecule has 2 rings (SSSR count). The van der Waals surface area contributed by atoms with Gasteiger partial charge in [0.1, 0.15) is 0 Å². The minimum Gasteiger partial charge on any atom is -0.316 e. The van der Waals surface area contributed by atoms with Crippen molar-refractivity contribution in [1.82, 2.24) is 9.88 Å². The molecule has 0 aromatic carbocycles. The van der Waals surface area contributed by atoms with Crippen LogP contribution in [0.25, 0.3) is 0 Å². The fourth-order valence-electron chi connectivity index (χ4n) is 1.52. The summed E-state index contributed by atoms with van der Waals surface area (Å²) in [6, 6.07) is 5.29. The molecule has 0 saturated carbocycles. The van der Waals surface area contributed by atoms with Gasteiger partial charge in [-0.1, -0.05) is 6.07 Å². The standard InChI is InChI=1S/C10H14N2O/c13-10-3-1-2-5-12(10)6-4-9-7-11-8-9/h1-3,5,9,11H,4,6-8H2. The van der Waals surface area contributed by atoms with Crippen LogP contribution >= 0.6 is 0 Å². The molecule has 0 aliphatic carbocycles. The second-order valence-corrected chi connectivity index (χ2v) is 3.55. The smallest absolute Gasteiger partial charge is 0.250 e. The number of hydrogen-bond acceptors (Lipinski definition) is 2. The summed E-state index contributed by atoms with van der Waals surface area (Å²) in [7, 11) is 0. The van der Waals surface area contributed by atoms with Crippen LogP contribution in [0.3, 0.4) is 0 Å². The molecule has 1 aromatic rings. The summed E-state index contributed by atoms with van der Waals surface area (Å²) in [5.41, 5.74) is 0.106. The summed E-state index contributed by atoms with van der Waals surface area (Å²) in [5, 5.41) is 3.22. The predicted octanol–water partition coefficient (Wildman–Crippen LogP) is 0.458. The maximum Gasteiger partial charge on any atom is 0.250 e. The van der Waals surface area contributed by atoms with Crippen molar-refractivity contribution in [3.05, 3.63) is 34.7 Å². The highest BCUT2D eigenvalue weighted by Gasteiger charge is 2.15. The van der Waals surface area contributed by atoms with E-state index in [4.69, 9.17) is 0 Å². The molecule has 0 atom stereocenters. The second-order valence-electron chi connectivity index (χ2n) is 3.55. The Labute approximate surface area is 77.4 Å². The maximum atomic E-state index is 11.3. The third-order valence-corrected chi connectivity index (χ3v) is 2.54. The van der Waals surface area contributed by atoms with Gasteiger partial charge in [0.25, 0.3) is 0 Å². The quantitative estimate of drug-likeness (QED) is 0.729. The van der Waals surface area contributed by atoms with E-state index in [1.54, 1.807) is 16.7 Å². The van der Waals surface area contributed by atoms with Gasteiger partial charge in [0.2, 0.25) is 5.56 Å². The second kappa shape index (κ2) is 3.75. The maximum absolute atomic E-state index is 11.3. The number of hydrogen-bond donors (Lipinski definition) is 1. The van der Waals surface area contributed by atoms with Gasteiger partial charge in [-0.15, -0.1) is 0 Å². The molecule has 0 radical (unpaired) electrons. The molecule has 1 saturated heterocycles. The topological polar surface area (TPSA) is 34.0 Å². The van der Waals surface area contributed by atoms with Crippen molar-refractivity contribution in [2.75, 3.05) is 13.1 Å². The molecule has 3 heteroatoms. The first kappa shape index (κ1) is 8.51. The van der Waals surface area contributed by atoms with Crippen molar-refractivity contribution < 1.29 is 0 Å². The normalized spacial score (nSPS) is 16.9. The SMILES string of the molecule is O=c1ccccn1CCC1CNC1. The Balaban J connectivity index is 1.93. The van der Waals surface area contributed by atoms with Gasteiger partial charge in [-0.05, 0) is 31.5 Å². The highest BCUT2D eigenvalue weighted by atomic mass is 16.1. The summed E-state index contributed by atoms with van der Waals surface area (Å²) in [4.78, 5) is 11.3. The van der Waals surface area contributed by atoms with Gasteiger partial charge >= 0.3 is 0 Å². The number of rotatable bonds is 3. The minimum atomic E-state index is 0.106. The lowest BCUT2D eigenvalue weighted by Crippen LogP contribution is -2.42. The average Bonchev–Trinajstić information content (AvgIpc) is 2.05. The van der Waals surface area contributed by atoms with Crippen LogP contribution in [0, 0.1) is 5.92 Å². The average molecular weight is 178 g/mol. The van der Waals surface area contributed by atoms with Gasteiger partial charge in [0.05, 0.1) is 0 Å². The largest absolute Gasteiger partial charge is 0.316 e. The fraction of sp³-hybridized carbons (Fsp3) is 0.500. The van der Waals surface area contributed by atoms with Crippen molar-refractivity contribution in [2.24, 2.45) is 5.92 Å². The lowest BCUT2D eigenvalue weighted by Gasteiger charge is -2.27. The molecular weight excluding hydrogens is 164 g/mol. The number of aryl methyl sites for hydroxylation is 1. The zero-order valence-corrected chi connectivity index (χ0v) is 7.57. The third kappa shape index (κ3) is 1.98. The van der Waals surface area contributed by atoms with E-state index in [0.29, 0.717) is 0 Å². The lowest BCUT2D eigenvalue weighted by molar-refractivity contribution is 0.310. The zero-order valence-electron chi connectivity index (χ0n) is 7.57. The molecule has 1 aliphatic rings. The van der Waals surface area contributed by atoms with E-state index in [1.807, 2.05) is 12.3 Å². The monoisotopic (exact) mass is 178 g/mol. The molecule has 70 valence electrons. The Morgan fingerprint density at radius 2 is 2.31 bits per heavy atom. The molecule has 1 aromatic heterocycles. The van der Waals surface area contributed by atoms with Gasteiger partial charge in [-0.2, -0.15) is 0 Å². The molecule has 0 bridgehead atoms. The summed E-state index contributed by atoms with van der Waals surface area (Å²) in [5.74, 6) is 0.770. The predicted molar refractivity (Wildman–Crippen MR) is 51.7 cm³/mol. The first-order valence-corrected chi connectivity index (χ1v) is 4.72. The van der Waals surface area contributed by atoms with Gasteiger partial charge in [0.15, 0.2) is 0 Å². The fourth-order valence-corrected chi connectivity index (χ4v) is 1.52. The van der Waals surface area contributed by atoms with Crippen molar-refractivity contribution in [3.8, 4) is 0 Å². The molecule has 0 unspecified atom stereocenters. The number of pyridine rings is 1. The Kier molecular flexibility index (Phi) is 2.45. The molecule has 1 aliphatic heterocycles. The highest BCUT2D eigenvalue weighted by molar-refractivity contribution is 4.93. The third-order valence-electron chi connectivity index (χ3n) is 2.54. The van der Waals surface area contributed by atoms with E-state index in [9.17, 15) is 4.79 Å². The van der Waals surface area contributed by atoms with Crippen LogP contribution in [-0.4, -0.2) is 17.7 Å². The van der Waals surface area contributed by atoms with Gasteiger partial charge in [0, 0.05) is 18.8 Å². The van der Waals surface area contributed by atoms with Gasteiger partial charge in [-0.3, -0.25) is 4.79 Å². The van der Waals surface area contributed by atoms with Gasteiger partial charge in [-0.25, -0.2) is 0 Å². The Morgan fingerprint density at radius 1 is 1.46 bits per heavy atom. The van der Waals surface area contributed by atoms with Crippen molar-refractivity contribution in [1.29, 1.82) is 0 Å². The van der Waals surface area contributed by atoms with Crippen LogP contribution in [0.15, 0.2) is 29.2 Å². The Hall–Kier alpha value is -1.09. The molecule has 2 heterocycles. The van der Waals surface area contributed by atoms with Crippen LogP contribution in [-0.2, 0) is 6.54 Å². The zero-order chi connectivity index (χ0) is 9.10. The first-order chi connectivity index (χ1) is 6.36. The summed E-state index contributed by atoms with van der Waals surface area (Å²) in [6.07, 6.45) is 2.96. The molecule has 13 heavy (non-hydrogen) atoms. The van der Waals surface area contributed by atoms with Crippen LogP contribution in [0.4, 0.5) is 0 Å². The van der Waals surface area contributed by atoms with E-state index in [0.717, 1.165) is 32.0 Å². The number of nitrogens with zero attached hydrogens (tertiary/aromatic N) is 1. The Bertz CT molecular complexity index is 328. The van der Waals surface area contributed by atoms with Crippen molar-refractivity contribution in [2.45, 2.75) is 13.0 Å². The molecule has 0 spiro atoms. The molecular formula is C10H14N2O. The summed E-state index contributed by atoms with van der Waals surface area (Å²) < 4.78 is 1.78. The van der Waals surface area contributed by atoms with E-state index < -0.39 is 0 Å². The van der Waals surface area contributed by atoms with Crippen LogP contribution in [0.5, 0.6) is 0 Å². The van der Waals surface area contributed by atoms with Crippen molar-refractivity contribution in [3.63, 3.8) is 0 Å². The lowest BCUT2D eigenvalue weighted by atomic mass is 9.99. The Morgan fingerprint density at radius 3 is 2.92 bits per heavy atom. The van der Waals surface area contributed by atoms with E-state index in [-0.39, 0.29) is 5.56 Å². The van der Waals surface area contributed by atoms with Crippen LogP contribution < -0.4 is 10.9 Å². The van der Waals surface area contributed by atoms with E-state index >= 15 is 0 Å². The van der Waals surface area contributed by atoms with Crippen molar-refractivity contribution >= 4 is 0 Å². The molecule has 1 fully saturated rings. The van der Waals surface area contributed by atoms with Crippen LogP contribution in [0.1, 0.15) is 6.42 Å². The summed E-state index contributed by atoms with van der Waals surface area (Å²) >= 11 is 0. The first-order valence-electron chi connectivity index (χ1n) is 4.72. The molecule has 3 nitrogen and oxygen atoms in total.